The number of amides is 1. The molecule has 0 radical (unpaired) electrons. The van der Waals surface area contributed by atoms with Crippen LogP contribution in [0.1, 0.15) is 5.56 Å². The highest BCUT2D eigenvalue weighted by Crippen LogP contribution is 2.14. The van der Waals surface area contributed by atoms with Gasteiger partial charge in [-0.25, -0.2) is 8.78 Å². The lowest BCUT2D eigenvalue weighted by atomic mass is 10.2. The average Bonchev–Trinajstić information content (AvgIpc) is 2.40. The van der Waals surface area contributed by atoms with E-state index in [0.717, 1.165) is 12.1 Å². The number of carbonyl (C=O) groups excluding carboxylic acids is 1. The Morgan fingerprint density at radius 2 is 1.80 bits per heavy atom. The highest BCUT2D eigenvalue weighted by Gasteiger charge is 2.02. The maximum absolute atomic E-state index is 13.3. The summed E-state index contributed by atoms with van der Waals surface area (Å²) in [7, 11) is 0. The van der Waals surface area contributed by atoms with E-state index >= 15 is 0 Å². The molecule has 0 unspecified atom stereocenters. The van der Waals surface area contributed by atoms with Crippen LogP contribution in [0.3, 0.4) is 0 Å². The monoisotopic (exact) mass is 293 g/mol. The molecule has 0 heterocycles. The summed E-state index contributed by atoms with van der Waals surface area (Å²) in [5, 5.41) is 3.15. The van der Waals surface area contributed by atoms with Gasteiger partial charge in [-0.2, -0.15) is 0 Å². The smallest absolute Gasteiger partial charge is 0.248 e. The SMILES string of the molecule is O=C(C=Cc1ccc(F)cc1F)Nc1ccc(Cl)cc1. The lowest BCUT2D eigenvalue weighted by Crippen LogP contribution is -2.07. The number of hydrogen-bond acceptors (Lipinski definition) is 1. The van der Waals surface area contributed by atoms with Crippen molar-refractivity contribution in [1.82, 2.24) is 0 Å². The van der Waals surface area contributed by atoms with Gasteiger partial charge in [0, 0.05) is 28.4 Å². The van der Waals surface area contributed by atoms with Gasteiger partial charge in [0.1, 0.15) is 11.6 Å². The Kier molecular flexibility index (Phi) is 4.48. The van der Waals surface area contributed by atoms with E-state index in [4.69, 9.17) is 11.6 Å². The second kappa shape index (κ2) is 6.30. The fourth-order valence-corrected chi connectivity index (χ4v) is 1.65. The predicted octanol–water partition coefficient (Wildman–Crippen LogP) is 4.27. The molecule has 1 N–H and O–H groups in total. The van der Waals surface area contributed by atoms with Gasteiger partial charge in [0.05, 0.1) is 0 Å². The van der Waals surface area contributed by atoms with Crippen LogP contribution in [0.25, 0.3) is 6.08 Å². The van der Waals surface area contributed by atoms with Crippen molar-refractivity contribution in [1.29, 1.82) is 0 Å². The molecule has 0 fully saturated rings. The molecule has 0 aromatic heterocycles. The molecule has 2 aromatic rings. The minimum atomic E-state index is -0.722. The van der Waals surface area contributed by atoms with Crippen LogP contribution >= 0.6 is 11.6 Å². The Morgan fingerprint density at radius 3 is 2.45 bits per heavy atom. The third-order valence-electron chi connectivity index (χ3n) is 2.49. The van der Waals surface area contributed by atoms with Crippen LogP contribution < -0.4 is 5.32 Å². The van der Waals surface area contributed by atoms with Crippen LogP contribution in [-0.4, -0.2) is 5.91 Å². The van der Waals surface area contributed by atoms with Gasteiger partial charge in [-0.15, -0.1) is 0 Å². The topological polar surface area (TPSA) is 29.1 Å². The van der Waals surface area contributed by atoms with E-state index in [-0.39, 0.29) is 5.56 Å². The molecule has 0 aliphatic heterocycles. The van der Waals surface area contributed by atoms with Crippen molar-refractivity contribution in [3.05, 3.63) is 70.8 Å². The Bertz CT molecular complexity index is 653. The molecule has 0 aliphatic carbocycles. The zero-order chi connectivity index (χ0) is 14.5. The first-order chi connectivity index (χ1) is 9.54. The number of halogens is 3. The second-order valence-electron chi connectivity index (χ2n) is 4.00. The van der Waals surface area contributed by atoms with E-state index < -0.39 is 17.5 Å². The van der Waals surface area contributed by atoms with Crippen LogP contribution in [0, 0.1) is 11.6 Å². The van der Waals surface area contributed by atoms with E-state index in [9.17, 15) is 13.6 Å². The molecule has 0 bridgehead atoms. The molecule has 20 heavy (non-hydrogen) atoms. The van der Waals surface area contributed by atoms with Crippen molar-refractivity contribution in [3.8, 4) is 0 Å². The summed E-state index contributed by atoms with van der Waals surface area (Å²) in [4.78, 5) is 11.6. The van der Waals surface area contributed by atoms with E-state index in [1.165, 1.54) is 18.2 Å². The normalized spacial score (nSPS) is 10.8. The molecule has 2 nitrogen and oxygen atoms in total. The summed E-state index contributed by atoms with van der Waals surface area (Å²) < 4.78 is 26.0. The first-order valence-electron chi connectivity index (χ1n) is 5.74. The number of hydrogen-bond donors (Lipinski definition) is 1. The fourth-order valence-electron chi connectivity index (χ4n) is 1.52. The highest BCUT2D eigenvalue weighted by molar-refractivity contribution is 6.30. The van der Waals surface area contributed by atoms with Gasteiger partial charge in [-0.3, -0.25) is 4.79 Å². The lowest BCUT2D eigenvalue weighted by molar-refractivity contribution is -0.111. The van der Waals surface area contributed by atoms with E-state index in [2.05, 4.69) is 5.32 Å². The summed E-state index contributed by atoms with van der Waals surface area (Å²) in [6.45, 7) is 0. The molecular weight excluding hydrogens is 284 g/mol. The number of carbonyl (C=O) groups is 1. The molecule has 5 heteroatoms. The van der Waals surface area contributed by atoms with E-state index in [0.29, 0.717) is 10.7 Å². The van der Waals surface area contributed by atoms with E-state index in [1.807, 2.05) is 0 Å². The molecule has 0 aliphatic rings. The molecule has 0 spiro atoms. The molecule has 2 aromatic carbocycles. The van der Waals surface area contributed by atoms with Gasteiger partial charge in [-0.05, 0) is 42.5 Å². The van der Waals surface area contributed by atoms with Gasteiger partial charge in [-0.1, -0.05) is 11.6 Å². The zero-order valence-corrected chi connectivity index (χ0v) is 11.0. The molecule has 0 saturated heterocycles. The Hall–Kier alpha value is -2.20. The standard InChI is InChI=1S/C15H10ClF2NO/c16-11-3-6-13(7-4-11)19-15(20)8-2-10-1-5-12(17)9-14(10)18/h1-9H,(H,19,20). The van der Waals surface area contributed by atoms with Crippen LogP contribution in [-0.2, 0) is 4.79 Å². The molecule has 0 saturated carbocycles. The molecular formula is C15H10ClF2NO. The van der Waals surface area contributed by atoms with E-state index in [1.54, 1.807) is 24.3 Å². The molecule has 102 valence electrons. The fraction of sp³-hybridized carbons (Fsp3) is 0. The number of rotatable bonds is 3. The van der Waals surface area contributed by atoms with Crippen molar-refractivity contribution in [2.45, 2.75) is 0 Å². The summed E-state index contributed by atoms with van der Waals surface area (Å²) in [6, 6.07) is 9.72. The molecule has 1 amide bonds. The highest BCUT2D eigenvalue weighted by atomic mass is 35.5. The molecule has 0 atom stereocenters. The van der Waals surface area contributed by atoms with Crippen molar-refractivity contribution in [2.75, 3.05) is 5.32 Å². The number of anilines is 1. The predicted molar refractivity (Wildman–Crippen MR) is 75.5 cm³/mol. The largest absolute Gasteiger partial charge is 0.323 e. The molecule has 2 rings (SSSR count). The summed E-state index contributed by atoms with van der Waals surface area (Å²) >= 11 is 5.72. The number of benzene rings is 2. The van der Waals surface area contributed by atoms with Gasteiger partial charge >= 0.3 is 0 Å². The summed E-state index contributed by atoms with van der Waals surface area (Å²) in [5.41, 5.74) is 0.710. The Balaban J connectivity index is 2.03. The first-order valence-corrected chi connectivity index (χ1v) is 6.12. The Labute approximate surface area is 119 Å². The maximum atomic E-state index is 13.3. The zero-order valence-electron chi connectivity index (χ0n) is 10.2. The van der Waals surface area contributed by atoms with Crippen LogP contribution in [0.2, 0.25) is 5.02 Å². The van der Waals surface area contributed by atoms with Gasteiger partial charge in [0.15, 0.2) is 0 Å². The van der Waals surface area contributed by atoms with Gasteiger partial charge in [0.2, 0.25) is 5.91 Å². The summed E-state index contributed by atoms with van der Waals surface area (Å²) in [6.07, 6.45) is 2.45. The maximum Gasteiger partial charge on any atom is 0.248 e. The lowest BCUT2D eigenvalue weighted by Gasteiger charge is -2.02. The minimum absolute atomic E-state index is 0.137. The Morgan fingerprint density at radius 1 is 1.10 bits per heavy atom. The van der Waals surface area contributed by atoms with Crippen molar-refractivity contribution in [2.24, 2.45) is 0 Å². The van der Waals surface area contributed by atoms with Gasteiger partial charge < -0.3 is 5.32 Å². The van der Waals surface area contributed by atoms with Crippen LogP contribution in [0.15, 0.2) is 48.5 Å². The average molecular weight is 294 g/mol. The van der Waals surface area contributed by atoms with Crippen molar-refractivity contribution < 1.29 is 13.6 Å². The quantitative estimate of drug-likeness (QED) is 0.841. The van der Waals surface area contributed by atoms with Crippen LogP contribution in [0.5, 0.6) is 0 Å². The third kappa shape index (κ3) is 3.90. The van der Waals surface area contributed by atoms with Crippen molar-refractivity contribution in [3.63, 3.8) is 0 Å². The summed E-state index contributed by atoms with van der Waals surface area (Å²) in [5.74, 6) is -1.80. The van der Waals surface area contributed by atoms with Crippen molar-refractivity contribution >= 4 is 29.3 Å². The van der Waals surface area contributed by atoms with Crippen LogP contribution in [0.4, 0.5) is 14.5 Å². The second-order valence-corrected chi connectivity index (χ2v) is 4.43. The van der Waals surface area contributed by atoms with Gasteiger partial charge in [0.25, 0.3) is 0 Å². The first kappa shape index (κ1) is 14.2. The third-order valence-corrected chi connectivity index (χ3v) is 2.74. The minimum Gasteiger partial charge on any atom is -0.323 e. The number of nitrogens with one attached hydrogen (secondary N) is 1.